The maximum Gasteiger partial charge on any atom is 0.164 e. The summed E-state index contributed by atoms with van der Waals surface area (Å²) in [5, 5.41) is 3.42. The summed E-state index contributed by atoms with van der Waals surface area (Å²) in [6, 6.07) is 60.3. The number of benzene rings is 7. The van der Waals surface area contributed by atoms with Crippen molar-refractivity contribution < 1.29 is 4.42 Å². The van der Waals surface area contributed by atoms with Crippen molar-refractivity contribution in [2.45, 2.75) is 13.3 Å². The Labute approximate surface area is 340 Å². The van der Waals surface area contributed by atoms with Crippen LogP contribution in [0.15, 0.2) is 192 Å². The van der Waals surface area contributed by atoms with Crippen LogP contribution in [0.4, 0.5) is 0 Å². The quantitative estimate of drug-likeness (QED) is 0.137. The number of fused-ring (bicyclic) bond motifs is 4. The van der Waals surface area contributed by atoms with Crippen molar-refractivity contribution in [1.29, 1.82) is 0 Å². The van der Waals surface area contributed by atoms with Gasteiger partial charge >= 0.3 is 0 Å². The average molecular weight is 765 g/mol. The molecule has 0 atom stereocenters. The molecule has 10 rings (SSSR count). The Morgan fingerprint density at radius 1 is 0.517 bits per heavy atom. The number of aliphatic imine (C=N–C) groups is 1. The molecule has 0 unspecified atom stereocenters. The SMILES string of the molecule is C=C(N=C(c1ccccc1)c1oc2ccccc2c1CC)c1ccc2c(c1)sc1ccc(-c3nc(-c4ccccc4)nc(-c4ccc(-c5ccccc5)cc4)n3)cc12. The first-order valence-electron chi connectivity index (χ1n) is 19.4. The molecule has 6 heteroatoms. The minimum Gasteiger partial charge on any atom is -0.454 e. The Kier molecular flexibility index (Phi) is 9.09. The third-order valence-corrected chi connectivity index (χ3v) is 11.7. The van der Waals surface area contributed by atoms with Gasteiger partial charge in [0, 0.05) is 58.9 Å². The molecule has 0 radical (unpaired) electrons. The highest BCUT2D eigenvalue weighted by Crippen LogP contribution is 2.38. The number of hydrogen-bond donors (Lipinski definition) is 0. The lowest BCUT2D eigenvalue weighted by atomic mass is 10.0. The molecule has 0 saturated carbocycles. The van der Waals surface area contributed by atoms with Crippen LogP contribution in [0.2, 0.25) is 0 Å². The molecule has 0 fully saturated rings. The summed E-state index contributed by atoms with van der Waals surface area (Å²) >= 11 is 1.76. The molecule has 3 aromatic heterocycles. The zero-order valence-electron chi connectivity index (χ0n) is 31.8. The predicted octanol–water partition coefficient (Wildman–Crippen LogP) is 13.7. The zero-order valence-corrected chi connectivity index (χ0v) is 32.6. The maximum absolute atomic E-state index is 6.50. The van der Waals surface area contributed by atoms with E-state index in [1.54, 1.807) is 11.3 Å². The van der Waals surface area contributed by atoms with E-state index >= 15 is 0 Å². The van der Waals surface area contributed by atoms with Crippen molar-refractivity contribution in [2.24, 2.45) is 4.99 Å². The van der Waals surface area contributed by atoms with E-state index in [2.05, 4.69) is 123 Å². The number of aromatic nitrogens is 3. The Morgan fingerprint density at radius 2 is 1.09 bits per heavy atom. The molecular formula is C52H36N4OS. The Balaban J connectivity index is 1.03. The molecule has 276 valence electrons. The van der Waals surface area contributed by atoms with Crippen molar-refractivity contribution in [3.63, 3.8) is 0 Å². The minimum absolute atomic E-state index is 0.627. The highest BCUT2D eigenvalue weighted by molar-refractivity contribution is 7.25. The molecule has 0 N–H and O–H groups in total. The van der Waals surface area contributed by atoms with Gasteiger partial charge in [-0.25, -0.2) is 19.9 Å². The van der Waals surface area contributed by atoms with Crippen molar-refractivity contribution in [3.8, 4) is 45.3 Å². The summed E-state index contributed by atoms with van der Waals surface area (Å²) in [6.45, 7) is 6.64. The molecule has 0 aliphatic rings. The van der Waals surface area contributed by atoms with Gasteiger partial charge in [-0.1, -0.05) is 159 Å². The molecule has 5 nitrogen and oxygen atoms in total. The fraction of sp³-hybridized carbons (Fsp3) is 0.0385. The second-order valence-electron chi connectivity index (χ2n) is 14.2. The molecule has 0 aliphatic heterocycles. The van der Waals surface area contributed by atoms with Gasteiger partial charge in [-0.2, -0.15) is 0 Å². The average Bonchev–Trinajstić information content (AvgIpc) is 3.86. The van der Waals surface area contributed by atoms with E-state index in [1.807, 2.05) is 66.7 Å². The van der Waals surface area contributed by atoms with Crippen molar-refractivity contribution in [2.75, 3.05) is 0 Å². The van der Waals surface area contributed by atoms with Gasteiger partial charge in [0.2, 0.25) is 0 Å². The number of aryl methyl sites for hydroxylation is 1. The molecule has 0 bridgehead atoms. The summed E-state index contributed by atoms with van der Waals surface area (Å²) in [5.74, 6) is 2.68. The van der Waals surface area contributed by atoms with Crippen LogP contribution in [-0.2, 0) is 6.42 Å². The summed E-state index contributed by atoms with van der Waals surface area (Å²) in [5.41, 5.74) is 10.5. The summed E-state index contributed by atoms with van der Waals surface area (Å²) in [4.78, 5) is 20.3. The third kappa shape index (κ3) is 6.59. The topological polar surface area (TPSA) is 64.2 Å². The highest BCUT2D eigenvalue weighted by atomic mass is 32.1. The molecule has 58 heavy (non-hydrogen) atoms. The van der Waals surface area contributed by atoms with E-state index in [0.717, 1.165) is 83.3 Å². The number of nitrogens with zero attached hydrogens (tertiary/aromatic N) is 4. The number of hydrogen-bond acceptors (Lipinski definition) is 6. The van der Waals surface area contributed by atoms with Gasteiger partial charge in [0.1, 0.15) is 11.3 Å². The van der Waals surface area contributed by atoms with Crippen LogP contribution in [0, 0.1) is 0 Å². The first kappa shape index (κ1) is 35.2. The highest BCUT2D eigenvalue weighted by Gasteiger charge is 2.20. The predicted molar refractivity (Wildman–Crippen MR) is 241 cm³/mol. The van der Waals surface area contributed by atoms with Crippen LogP contribution in [-0.4, -0.2) is 20.7 Å². The van der Waals surface area contributed by atoms with Crippen LogP contribution < -0.4 is 0 Å². The van der Waals surface area contributed by atoms with Gasteiger partial charge < -0.3 is 4.42 Å². The Bertz CT molecular complexity index is 3150. The van der Waals surface area contributed by atoms with Crippen LogP contribution >= 0.6 is 11.3 Å². The summed E-state index contributed by atoms with van der Waals surface area (Å²) < 4.78 is 8.84. The van der Waals surface area contributed by atoms with Crippen molar-refractivity contribution in [3.05, 3.63) is 205 Å². The normalized spacial score (nSPS) is 11.8. The lowest BCUT2D eigenvalue weighted by Crippen LogP contribution is -2.05. The number of para-hydroxylation sites is 1. The van der Waals surface area contributed by atoms with E-state index < -0.39 is 0 Å². The Morgan fingerprint density at radius 3 is 1.79 bits per heavy atom. The smallest absolute Gasteiger partial charge is 0.164 e. The molecule has 3 heterocycles. The largest absolute Gasteiger partial charge is 0.454 e. The van der Waals surface area contributed by atoms with Gasteiger partial charge in [-0.05, 0) is 47.9 Å². The van der Waals surface area contributed by atoms with Gasteiger partial charge in [-0.3, -0.25) is 0 Å². The molecule has 0 spiro atoms. The van der Waals surface area contributed by atoms with Gasteiger partial charge in [0.05, 0.1) is 5.70 Å². The molecule has 0 saturated heterocycles. The van der Waals surface area contributed by atoms with Gasteiger partial charge in [0.25, 0.3) is 0 Å². The van der Waals surface area contributed by atoms with Crippen LogP contribution in [0.1, 0.15) is 29.4 Å². The molecule has 7 aromatic carbocycles. The van der Waals surface area contributed by atoms with Crippen molar-refractivity contribution in [1.82, 2.24) is 15.0 Å². The van der Waals surface area contributed by atoms with Crippen LogP contribution in [0.5, 0.6) is 0 Å². The lowest BCUT2D eigenvalue weighted by molar-refractivity contribution is 0.600. The molecule has 0 amide bonds. The van der Waals surface area contributed by atoms with Gasteiger partial charge in [0.15, 0.2) is 23.2 Å². The number of rotatable bonds is 9. The first-order valence-corrected chi connectivity index (χ1v) is 20.2. The third-order valence-electron chi connectivity index (χ3n) is 10.5. The van der Waals surface area contributed by atoms with E-state index in [0.29, 0.717) is 23.2 Å². The van der Waals surface area contributed by atoms with Crippen molar-refractivity contribution >= 4 is 53.9 Å². The summed E-state index contributed by atoms with van der Waals surface area (Å²) in [7, 11) is 0. The van der Waals surface area contributed by atoms with E-state index in [9.17, 15) is 0 Å². The second kappa shape index (κ2) is 15.0. The lowest BCUT2D eigenvalue weighted by Gasteiger charge is -2.09. The van der Waals surface area contributed by atoms with Crippen LogP contribution in [0.3, 0.4) is 0 Å². The fourth-order valence-electron chi connectivity index (χ4n) is 7.57. The maximum atomic E-state index is 6.50. The van der Waals surface area contributed by atoms with Crippen LogP contribution in [0.25, 0.3) is 82.1 Å². The molecule has 10 aromatic rings. The standard InChI is InChI=1S/C52H36N4OS/c1-3-41-42-21-13-14-22-45(42)57-49(41)48(36-17-9-5-10-18-36)53-33(2)39-27-29-43-44-31-40(28-30-46(44)58-47(43)32-39)52-55-50(37-19-11-6-12-20-37)54-51(56-52)38-25-23-35(24-26-38)34-15-7-4-8-16-34/h4-32H,2-3H2,1H3. The fourth-order valence-corrected chi connectivity index (χ4v) is 8.70. The van der Waals surface area contributed by atoms with E-state index in [1.165, 1.54) is 10.3 Å². The summed E-state index contributed by atoms with van der Waals surface area (Å²) in [6.07, 6.45) is 0.821. The minimum atomic E-state index is 0.627. The van der Waals surface area contributed by atoms with E-state index in [-0.39, 0.29) is 0 Å². The van der Waals surface area contributed by atoms with Gasteiger partial charge in [-0.15, -0.1) is 11.3 Å². The first-order chi connectivity index (χ1) is 28.6. The number of furan rings is 1. The molecule has 0 aliphatic carbocycles. The number of thiophene rings is 1. The zero-order chi connectivity index (χ0) is 39.0. The molecular weight excluding hydrogens is 729 g/mol. The monoisotopic (exact) mass is 764 g/mol. The van der Waals surface area contributed by atoms with E-state index in [4.69, 9.17) is 24.4 Å². The second-order valence-corrected chi connectivity index (χ2v) is 15.3. The Hall–Kier alpha value is -7.28.